The zero-order chi connectivity index (χ0) is 11.5. The van der Waals surface area contributed by atoms with Gasteiger partial charge in [0.1, 0.15) is 5.82 Å². The highest BCUT2D eigenvalue weighted by Gasteiger charge is 2.16. The maximum atomic E-state index is 13.2. The molecule has 0 spiro atoms. The Kier molecular flexibility index (Phi) is 3.70. The smallest absolute Gasteiger partial charge is 0.123 e. The first-order chi connectivity index (χ1) is 7.72. The van der Waals surface area contributed by atoms with Gasteiger partial charge in [0.2, 0.25) is 0 Å². The van der Waals surface area contributed by atoms with Gasteiger partial charge in [0.15, 0.2) is 0 Å². The fourth-order valence-corrected chi connectivity index (χ4v) is 2.79. The quantitative estimate of drug-likeness (QED) is 0.675. The molecule has 1 atom stereocenters. The molecule has 1 aromatic heterocycles. The minimum atomic E-state index is -0.269. The van der Waals surface area contributed by atoms with Crippen LogP contribution in [0, 0.1) is 5.82 Å². The number of nitrogens with two attached hydrogens (primary N) is 1. The lowest BCUT2D eigenvalue weighted by atomic mass is 10.1. The van der Waals surface area contributed by atoms with Gasteiger partial charge < -0.3 is 0 Å². The number of halogens is 2. The van der Waals surface area contributed by atoms with E-state index in [9.17, 15) is 4.39 Å². The first kappa shape index (κ1) is 11.7. The summed E-state index contributed by atoms with van der Waals surface area (Å²) in [4.78, 5) is 1.05. The standard InChI is InChI=1S/C11H10BrFN2S/c12-9-4-3-7(13)6-8(9)11(15-14)10-2-1-5-16-10/h1-6,11,15H,14H2. The Morgan fingerprint density at radius 2 is 2.19 bits per heavy atom. The van der Waals surface area contributed by atoms with Crippen molar-refractivity contribution in [1.29, 1.82) is 0 Å². The van der Waals surface area contributed by atoms with E-state index in [2.05, 4.69) is 21.4 Å². The number of hydrogen-bond acceptors (Lipinski definition) is 3. The van der Waals surface area contributed by atoms with Crippen molar-refractivity contribution in [2.75, 3.05) is 0 Å². The molecule has 1 heterocycles. The van der Waals surface area contributed by atoms with Crippen LogP contribution in [-0.4, -0.2) is 0 Å². The molecular weight excluding hydrogens is 291 g/mol. The van der Waals surface area contributed by atoms with Crippen LogP contribution in [0.25, 0.3) is 0 Å². The average molecular weight is 301 g/mol. The lowest BCUT2D eigenvalue weighted by molar-refractivity contribution is 0.607. The van der Waals surface area contributed by atoms with Crippen LogP contribution in [0.4, 0.5) is 4.39 Å². The molecule has 1 unspecified atom stereocenters. The topological polar surface area (TPSA) is 38.0 Å². The summed E-state index contributed by atoms with van der Waals surface area (Å²) in [5.74, 6) is 5.26. The largest absolute Gasteiger partial charge is 0.271 e. The van der Waals surface area contributed by atoms with Gasteiger partial charge in [-0.2, -0.15) is 0 Å². The Balaban J connectivity index is 2.44. The number of hydrogen-bond donors (Lipinski definition) is 2. The SMILES string of the molecule is NNC(c1cccs1)c1cc(F)ccc1Br. The van der Waals surface area contributed by atoms with Gasteiger partial charge in [0.25, 0.3) is 0 Å². The molecule has 0 aliphatic rings. The van der Waals surface area contributed by atoms with E-state index in [1.165, 1.54) is 12.1 Å². The Morgan fingerprint density at radius 3 is 2.81 bits per heavy atom. The molecule has 2 nitrogen and oxygen atoms in total. The maximum absolute atomic E-state index is 13.2. The molecule has 0 aliphatic carbocycles. The fourth-order valence-electron chi connectivity index (χ4n) is 1.52. The van der Waals surface area contributed by atoms with E-state index < -0.39 is 0 Å². The van der Waals surface area contributed by atoms with Gasteiger partial charge in [0.05, 0.1) is 6.04 Å². The predicted octanol–water partition coefficient (Wildman–Crippen LogP) is 3.20. The molecule has 0 saturated carbocycles. The molecule has 16 heavy (non-hydrogen) atoms. The van der Waals surface area contributed by atoms with Crippen molar-refractivity contribution in [3.63, 3.8) is 0 Å². The number of hydrazine groups is 1. The molecule has 0 saturated heterocycles. The van der Waals surface area contributed by atoms with Crippen molar-refractivity contribution in [3.8, 4) is 0 Å². The van der Waals surface area contributed by atoms with E-state index in [1.807, 2.05) is 17.5 Å². The fraction of sp³-hybridized carbons (Fsp3) is 0.0909. The van der Waals surface area contributed by atoms with Gasteiger partial charge in [-0.05, 0) is 35.2 Å². The highest BCUT2D eigenvalue weighted by atomic mass is 79.9. The molecule has 84 valence electrons. The zero-order valence-electron chi connectivity index (χ0n) is 8.28. The third-order valence-corrected chi connectivity index (χ3v) is 3.92. The van der Waals surface area contributed by atoms with Crippen molar-refractivity contribution in [3.05, 3.63) is 56.4 Å². The summed E-state index contributed by atoms with van der Waals surface area (Å²) in [6.07, 6.45) is 0. The van der Waals surface area contributed by atoms with Crippen LogP contribution >= 0.6 is 27.3 Å². The minimum Gasteiger partial charge on any atom is -0.271 e. The summed E-state index contributed by atoms with van der Waals surface area (Å²) in [6.45, 7) is 0. The van der Waals surface area contributed by atoms with E-state index >= 15 is 0 Å². The van der Waals surface area contributed by atoms with Crippen LogP contribution in [0.2, 0.25) is 0 Å². The first-order valence-electron chi connectivity index (χ1n) is 4.67. The molecule has 0 radical (unpaired) electrons. The third kappa shape index (κ3) is 2.32. The zero-order valence-corrected chi connectivity index (χ0v) is 10.7. The summed E-state index contributed by atoms with van der Waals surface area (Å²) >= 11 is 4.98. The molecule has 0 fully saturated rings. The van der Waals surface area contributed by atoms with E-state index in [0.717, 1.165) is 14.9 Å². The van der Waals surface area contributed by atoms with E-state index in [4.69, 9.17) is 5.84 Å². The van der Waals surface area contributed by atoms with Crippen molar-refractivity contribution >= 4 is 27.3 Å². The lowest BCUT2D eigenvalue weighted by Crippen LogP contribution is -2.28. The summed E-state index contributed by atoms with van der Waals surface area (Å²) in [5.41, 5.74) is 3.50. The molecule has 1 aromatic carbocycles. The maximum Gasteiger partial charge on any atom is 0.123 e. The molecule has 2 rings (SSSR count). The Morgan fingerprint density at radius 1 is 1.38 bits per heavy atom. The van der Waals surface area contributed by atoms with Crippen LogP contribution in [-0.2, 0) is 0 Å². The molecule has 2 aromatic rings. The Bertz CT molecular complexity index is 473. The van der Waals surface area contributed by atoms with Crippen molar-refractivity contribution in [1.82, 2.24) is 5.43 Å². The molecule has 0 bridgehead atoms. The third-order valence-electron chi connectivity index (χ3n) is 2.26. The van der Waals surface area contributed by atoms with Crippen molar-refractivity contribution in [2.24, 2.45) is 5.84 Å². The van der Waals surface area contributed by atoms with E-state index in [1.54, 1.807) is 17.4 Å². The van der Waals surface area contributed by atoms with Crippen LogP contribution in [0.3, 0.4) is 0 Å². The summed E-state index contributed by atoms with van der Waals surface area (Å²) in [7, 11) is 0. The second kappa shape index (κ2) is 5.05. The van der Waals surface area contributed by atoms with Crippen LogP contribution < -0.4 is 11.3 Å². The summed E-state index contributed by atoms with van der Waals surface area (Å²) < 4.78 is 14.0. The number of nitrogens with one attached hydrogen (secondary N) is 1. The van der Waals surface area contributed by atoms with Gasteiger partial charge in [-0.25, -0.2) is 9.82 Å². The second-order valence-corrected chi connectivity index (χ2v) is 5.11. The van der Waals surface area contributed by atoms with Crippen LogP contribution in [0.1, 0.15) is 16.5 Å². The normalized spacial score (nSPS) is 12.7. The summed E-state index contributed by atoms with van der Waals surface area (Å²) in [5, 5.41) is 1.97. The van der Waals surface area contributed by atoms with Gasteiger partial charge in [-0.1, -0.05) is 22.0 Å². The van der Waals surface area contributed by atoms with Gasteiger partial charge in [-0.15, -0.1) is 11.3 Å². The Hall–Kier alpha value is -0.750. The van der Waals surface area contributed by atoms with Gasteiger partial charge in [0, 0.05) is 9.35 Å². The summed E-state index contributed by atoms with van der Waals surface area (Å²) in [6, 6.07) is 8.29. The highest BCUT2D eigenvalue weighted by molar-refractivity contribution is 9.10. The number of benzene rings is 1. The van der Waals surface area contributed by atoms with Crippen molar-refractivity contribution in [2.45, 2.75) is 6.04 Å². The van der Waals surface area contributed by atoms with Gasteiger partial charge in [-0.3, -0.25) is 5.84 Å². The van der Waals surface area contributed by atoms with E-state index in [0.29, 0.717) is 0 Å². The second-order valence-electron chi connectivity index (χ2n) is 3.28. The minimum absolute atomic E-state index is 0.190. The predicted molar refractivity (Wildman–Crippen MR) is 67.6 cm³/mol. The molecular formula is C11H10BrFN2S. The number of rotatable bonds is 3. The molecule has 0 aliphatic heterocycles. The van der Waals surface area contributed by atoms with Crippen LogP contribution in [0.5, 0.6) is 0 Å². The van der Waals surface area contributed by atoms with E-state index in [-0.39, 0.29) is 11.9 Å². The average Bonchev–Trinajstić information content (AvgIpc) is 2.78. The van der Waals surface area contributed by atoms with Crippen LogP contribution in [0.15, 0.2) is 40.2 Å². The lowest BCUT2D eigenvalue weighted by Gasteiger charge is -2.16. The first-order valence-corrected chi connectivity index (χ1v) is 6.34. The molecule has 0 amide bonds. The highest BCUT2D eigenvalue weighted by Crippen LogP contribution is 2.30. The van der Waals surface area contributed by atoms with Gasteiger partial charge >= 0.3 is 0 Å². The molecule has 3 N–H and O–H groups in total. The molecule has 5 heteroatoms. The Labute approximate surface area is 105 Å². The van der Waals surface area contributed by atoms with Crippen molar-refractivity contribution < 1.29 is 4.39 Å². The monoisotopic (exact) mass is 300 g/mol. The number of thiophene rings is 1.